The monoisotopic (exact) mass is 230 g/mol. The Balaban J connectivity index is 2.86. The molecule has 2 nitrogen and oxygen atoms in total. The lowest BCUT2D eigenvalue weighted by Gasteiger charge is -1.93. The summed E-state index contributed by atoms with van der Waals surface area (Å²) in [5.74, 6) is 0. The first-order chi connectivity index (χ1) is 5.27. The second-order valence-electron chi connectivity index (χ2n) is 2.22. The Morgan fingerprint density at radius 3 is 3.09 bits per heavy atom. The Hall–Kier alpha value is -0.540. The zero-order valence-electron chi connectivity index (χ0n) is 5.44. The molecule has 2 aromatic rings. The number of hydrogen-bond acceptors (Lipinski definition) is 1. The molecule has 1 heterocycles. The van der Waals surface area contributed by atoms with Crippen LogP contribution in [0.1, 0.15) is 0 Å². The van der Waals surface area contributed by atoms with Crippen LogP contribution < -0.4 is 0 Å². The summed E-state index contributed by atoms with van der Waals surface area (Å²) >= 11 is 9.18. The molecule has 56 valence electrons. The molecule has 0 unspecified atom stereocenters. The molecule has 0 saturated heterocycles. The molecule has 0 spiro atoms. The van der Waals surface area contributed by atoms with E-state index in [0.717, 1.165) is 15.4 Å². The maximum Gasteiger partial charge on any atom is 0.0662 e. The first-order valence-corrected chi connectivity index (χ1v) is 4.22. The topological polar surface area (TPSA) is 28.7 Å². The molecule has 0 bridgehead atoms. The van der Waals surface area contributed by atoms with Gasteiger partial charge in [-0.2, -0.15) is 5.10 Å². The van der Waals surface area contributed by atoms with Gasteiger partial charge in [-0.1, -0.05) is 11.6 Å². The quantitative estimate of drug-likeness (QED) is 0.742. The average molecular weight is 231 g/mol. The Bertz CT molecular complexity index is 360. The molecule has 0 atom stereocenters. The standard InChI is InChI=1S/C7H4BrClN2/c8-5-2-7-4(1-6(5)9)3-10-11-7/h1-3H,(H,10,11). The van der Waals surface area contributed by atoms with Gasteiger partial charge in [-0.15, -0.1) is 0 Å². The number of nitrogens with zero attached hydrogens (tertiary/aromatic N) is 1. The predicted molar refractivity (Wildman–Crippen MR) is 48.8 cm³/mol. The van der Waals surface area contributed by atoms with Crippen molar-refractivity contribution in [3.8, 4) is 0 Å². The number of aromatic nitrogens is 2. The van der Waals surface area contributed by atoms with Crippen LogP contribution in [0.4, 0.5) is 0 Å². The minimum Gasteiger partial charge on any atom is -0.278 e. The summed E-state index contributed by atoms with van der Waals surface area (Å²) in [7, 11) is 0. The van der Waals surface area contributed by atoms with Crippen LogP contribution in [0.25, 0.3) is 10.9 Å². The van der Waals surface area contributed by atoms with Crippen LogP contribution in [-0.2, 0) is 0 Å². The molecule has 4 heteroatoms. The Morgan fingerprint density at radius 2 is 2.27 bits per heavy atom. The molecular formula is C7H4BrClN2. The largest absolute Gasteiger partial charge is 0.278 e. The maximum atomic E-state index is 5.86. The van der Waals surface area contributed by atoms with Crippen LogP contribution >= 0.6 is 27.5 Å². The van der Waals surface area contributed by atoms with Crippen molar-refractivity contribution in [1.82, 2.24) is 10.2 Å². The molecule has 1 N–H and O–H groups in total. The van der Waals surface area contributed by atoms with E-state index in [4.69, 9.17) is 11.6 Å². The lowest BCUT2D eigenvalue weighted by molar-refractivity contribution is 1.12. The van der Waals surface area contributed by atoms with Crippen molar-refractivity contribution in [2.75, 3.05) is 0 Å². The second kappa shape index (κ2) is 2.50. The third kappa shape index (κ3) is 1.14. The van der Waals surface area contributed by atoms with Crippen molar-refractivity contribution in [3.05, 3.63) is 27.8 Å². The number of nitrogens with one attached hydrogen (secondary N) is 1. The number of hydrogen-bond donors (Lipinski definition) is 1. The highest BCUT2D eigenvalue weighted by molar-refractivity contribution is 9.10. The van der Waals surface area contributed by atoms with Gasteiger partial charge >= 0.3 is 0 Å². The van der Waals surface area contributed by atoms with E-state index < -0.39 is 0 Å². The average Bonchev–Trinajstić information content (AvgIpc) is 2.36. The maximum absolute atomic E-state index is 5.86. The van der Waals surface area contributed by atoms with Crippen molar-refractivity contribution < 1.29 is 0 Å². The van der Waals surface area contributed by atoms with Gasteiger partial charge in [0.05, 0.1) is 16.7 Å². The van der Waals surface area contributed by atoms with E-state index in [1.807, 2.05) is 12.1 Å². The predicted octanol–water partition coefficient (Wildman–Crippen LogP) is 2.98. The SMILES string of the molecule is Clc1cc2cn[nH]c2cc1Br. The van der Waals surface area contributed by atoms with E-state index in [2.05, 4.69) is 26.1 Å². The van der Waals surface area contributed by atoms with Crippen LogP contribution in [0.15, 0.2) is 22.8 Å². The first kappa shape index (κ1) is 7.13. The van der Waals surface area contributed by atoms with Crippen LogP contribution in [0.5, 0.6) is 0 Å². The van der Waals surface area contributed by atoms with Gasteiger partial charge in [0.2, 0.25) is 0 Å². The highest BCUT2D eigenvalue weighted by atomic mass is 79.9. The van der Waals surface area contributed by atoms with Gasteiger partial charge in [-0.05, 0) is 28.1 Å². The summed E-state index contributed by atoms with van der Waals surface area (Å²) < 4.78 is 0.885. The fourth-order valence-electron chi connectivity index (χ4n) is 0.937. The zero-order valence-corrected chi connectivity index (χ0v) is 7.78. The Labute approximate surface area is 76.7 Å². The van der Waals surface area contributed by atoms with Crippen LogP contribution in [0.3, 0.4) is 0 Å². The van der Waals surface area contributed by atoms with Gasteiger partial charge in [0, 0.05) is 9.86 Å². The van der Waals surface area contributed by atoms with E-state index in [1.165, 1.54) is 0 Å². The van der Waals surface area contributed by atoms with E-state index in [0.29, 0.717) is 5.02 Å². The van der Waals surface area contributed by atoms with E-state index in [9.17, 15) is 0 Å². The summed E-state index contributed by atoms with van der Waals surface area (Å²) in [4.78, 5) is 0. The van der Waals surface area contributed by atoms with Crippen molar-refractivity contribution in [1.29, 1.82) is 0 Å². The Kier molecular flexibility index (Phi) is 1.62. The number of H-pyrrole nitrogens is 1. The molecule has 1 aromatic carbocycles. The number of halogens is 2. The molecule has 0 aliphatic rings. The highest BCUT2D eigenvalue weighted by Crippen LogP contribution is 2.26. The van der Waals surface area contributed by atoms with E-state index in [-0.39, 0.29) is 0 Å². The summed E-state index contributed by atoms with van der Waals surface area (Å²) in [6.45, 7) is 0. The number of aromatic amines is 1. The second-order valence-corrected chi connectivity index (χ2v) is 3.49. The van der Waals surface area contributed by atoms with Gasteiger partial charge in [0.15, 0.2) is 0 Å². The van der Waals surface area contributed by atoms with Gasteiger partial charge in [0.1, 0.15) is 0 Å². The van der Waals surface area contributed by atoms with Gasteiger partial charge in [-0.3, -0.25) is 5.10 Å². The van der Waals surface area contributed by atoms with Crippen molar-refractivity contribution in [2.45, 2.75) is 0 Å². The van der Waals surface area contributed by atoms with Crippen LogP contribution in [0.2, 0.25) is 5.02 Å². The van der Waals surface area contributed by atoms with Crippen molar-refractivity contribution in [3.63, 3.8) is 0 Å². The highest BCUT2D eigenvalue weighted by Gasteiger charge is 2.00. The van der Waals surface area contributed by atoms with Crippen molar-refractivity contribution >= 4 is 38.4 Å². The van der Waals surface area contributed by atoms with Gasteiger partial charge in [0.25, 0.3) is 0 Å². The van der Waals surface area contributed by atoms with E-state index >= 15 is 0 Å². The Morgan fingerprint density at radius 1 is 1.45 bits per heavy atom. The molecule has 2 rings (SSSR count). The van der Waals surface area contributed by atoms with Gasteiger partial charge in [-0.25, -0.2) is 0 Å². The number of benzene rings is 1. The van der Waals surface area contributed by atoms with E-state index in [1.54, 1.807) is 6.20 Å². The third-order valence-corrected chi connectivity index (χ3v) is 2.68. The molecule has 0 aliphatic heterocycles. The number of fused-ring (bicyclic) bond motifs is 1. The zero-order chi connectivity index (χ0) is 7.84. The first-order valence-electron chi connectivity index (χ1n) is 3.05. The molecule has 0 amide bonds. The summed E-state index contributed by atoms with van der Waals surface area (Å²) in [5.41, 5.74) is 0.987. The summed E-state index contributed by atoms with van der Waals surface area (Å²) in [5, 5.41) is 8.46. The number of rotatable bonds is 0. The fourth-order valence-corrected chi connectivity index (χ4v) is 1.45. The van der Waals surface area contributed by atoms with Gasteiger partial charge < -0.3 is 0 Å². The fraction of sp³-hybridized carbons (Fsp3) is 0. The molecule has 1 aromatic heterocycles. The lowest BCUT2D eigenvalue weighted by atomic mass is 10.3. The lowest BCUT2D eigenvalue weighted by Crippen LogP contribution is -1.70. The molecule has 0 aliphatic carbocycles. The minimum absolute atomic E-state index is 0.707. The smallest absolute Gasteiger partial charge is 0.0662 e. The third-order valence-electron chi connectivity index (χ3n) is 1.48. The molecule has 0 radical (unpaired) electrons. The summed E-state index contributed by atoms with van der Waals surface area (Å²) in [6.07, 6.45) is 1.74. The molecular weight excluding hydrogens is 227 g/mol. The minimum atomic E-state index is 0.707. The summed E-state index contributed by atoms with van der Waals surface area (Å²) in [6, 6.07) is 3.77. The normalized spacial score (nSPS) is 10.7. The molecule has 0 saturated carbocycles. The molecule has 0 fully saturated rings. The van der Waals surface area contributed by atoms with Crippen LogP contribution in [0, 0.1) is 0 Å². The molecule has 11 heavy (non-hydrogen) atoms. The van der Waals surface area contributed by atoms with Crippen LogP contribution in [-0.4, -0.2) is 10.2 Å². The van der Waals surface area contributed by atoms with Crippen molar-refractivity contribution in [2.24, 2.45) is 0 Å².